The standard InChI is InChI=1S/C59H85N7O12S2/c1-12-38(6)52(46(75-10)34-49(67)66-32-20-23-44(66)53(76-11)39(7)54(68)62-43(57(71)72)33-40-21-14-13-15-22-40)64(8)56(70)50(36(2)3)63-55(69)51(37(4)5)65(9)59(74)77-35-41-27-29-42(30-28-41)61-58(73)78-45-24-16-17-25-47(45)79-80-48-26-18-19-31-60-48/h13-15,18-19,21-22,26-31,36-39,43-47,50-53H,12,16-17,20,23-25,32-35H2,1-11H3,(H,61,73)(H,62,68)(H,63,69)(H,71,72)/t38-,39+,43-,44?,45-,46+,47-,50?,51?,52-,53+/m0/s1. The summed E-state index contributed by atoms with van der Waals surface area (Å²) in [5, 5.41) is 19.5. The lowest BCUT2D eigenvalue weighted by molar-refractivity contribution is -0.148. The van der Waals surface area contributed by atoms with Crippen molar-refractivity contribution in [3.63, 3.8) is 0 Å². The van der Waals surface area contributed by atoms with E-state index in [0.717, 1.165) is 36.3 Å². The van der Waals surface area contributed by atoms with E-state index in [0.29, 0.717) is 37.1 Å². The monoisotopic (exact) mass is 1150 g/mol. The number of aromatic nitrogens is 1. The smallest absolute Gasteiger partial charge is 0.411 e. The molecular formula is C59H85N7O12S2. The number of nitrogens with zero attached hydrogens (tertiary/aromatic N) is 4. The first-order valence-electron chi connectivity index (χ1n) is 27.9. The van der Waals surface area contributed by atoms with Gasteiger partial charge in [0.05, 0.1) is 41.9 Å². The van der Waals surface area contributed by atoms with Crippen LogP contribution < -0.4 is 16.0 Å². The van der Waals surface area contributed by atoms with Crippen LogP contribution in [0.1, 0.15) is 111 Å². The van der Waals surface area contributed by atoms with Crippen LogP contribution in [0.15, 0.2) is 84.0 Å². The first kappa shape index (κ1) is 64.9. The Kier molecular flexibility index (Phi) is 25.9. The third kappa shape index (κ3) is 18.3. The predicted molar refractivity (Wildman–Crippen MR) is 309 cm³/mol. The number of anilines is 1. The number of carboxylic acid groups (broad SMARTS) is 1. The topological polar surface area (TPSA) is 235 Å². The minimum Gasteiger partial charge on any atom is -0.480 e. The zero-order valence-corrected chi connectivity index (χ0v) is 50.0. The molecule has 440 valence electrons. The number of aliphatic carboxylic acids is 1. The molecule has 2 fully saturated rings. The van der Waals surface area contributed by atoms with Crippen LogP contribution in [0.25, 0.3) is 0 Å². The van der Waals surface area contributed by atoms with Crippen LogP contribution in [0.4, 0.5) is 15.3 Å². The number of carboxylic acids is 1. The fraction of sp³-hybridized carbons (Fsp3) is 0.593. The number of amides is 6. The number of hydrogen-bond acceptors (Lipinski definition) is 14. The summed E-state index contributed by atoms with van der Waals surface area (Å²) >= 11 is 0. The predicted octanol–water partition coefficient (Wildman–Crippen LogP) is 8.85. The quantitative estimate of drug-likeness (QED) is 0.0497. The molecule has 1 aliphatic heterocycles. The molecule has 2 aromatic carbocycles. The van der Waals surface area contributed by atoms with E-state index in [-0.39, 0.29) is 54.5 Å². The first-order chi connectivity index (χ1) is 38.2. The Morgan fingerprint density at radius 2 is 1.48 bits per heavy atom. The third-order valence-electron chi connectivity index (χ3n) is 15.3. The summed E-state index contributed by atoms with van der Waals surface area (Å²) in [7, 11) is 9.36. The van der Waals surface area contributed by atoms with Gasteiger partial charge in [-0.25, -0.2) is 19.4 Å². The number of likely N-dealkylation sites (N-methyl/N-ethyl adjacent to an activating group) is 2. The van der Waals surface area contributed by atoms with Crippen molar-refractivity contribution in [2.75, 3.05) is 40.2 Å². The van der Waals surface area contributed by atoms with Crippen LogP contribution in [0, 0.1) is 23.7 Å². The molecule has 5 rings (SSSR count). The molecule has 0 radical (unpaired) electrons. The lowest BCUT2D eigenvalue weighted by atomic mass is 9.89. The number of ether oxygens (including phenoxy) is 4. The summed E-state index contributed by atoms with van der Waals surface area (Å²) in [6.45, 7) is 13.2. The lowest BCUT2D eigenvalue weighted by Gasteiger charge is -2.41. The Morgan fingerprint density at radius 1 is 0.787 bits per heavy atom. The minimum atomic E-state index is -1.17. The summed E-state index contributed by atoms with van der Waals surface area (Å²) in [6.07, 6.45) is 4.32. The third-order valence-corrected chi connectivity index (χ3v) is 18.2. The molecule has 2 aliphatic rings. The number of likely N-dealkylation sites (tertiary alicyclic amines) is 1. The molecule has 4 N–H and O–H groups in total. The average Bonchev–Trinajstić information content (AvgIpc) is 3.93. The molecule has 11 atom stereocenters. The molecule has 1 aromatic heterocycles. The van der Waals surface area contributed by atoms with Crippen molar-refractivity contribution in [2.45, 2.75) is 172 Å². The van der Waals surface area contributed by atoms with E-state index >= 15 is 0 Å². The van der Waals surface area contributed by atoms with Gasteiger partial charge >= 0.3 is 18.2 Å². The fourth-order valence-corrected chi connectivity index (χ4v) is 13.4. The van der Waals surface area contributed by atoms with Crippen molar-refractivity contribution in [3.8, 4) is 0 Å². The second-order valence-corrected chi connectivity index (χ2v) is 24.2. The molecule has 0 spiro atoms. The van der Waals surface area contributed by atoms with Crippen molar-refractivity contribution in [3.05, 3.63) is 90.1 Å². The molecular weight excluding hydrogens is 1060 g/mol. The second kappa shape index (κ2) is 31.9. The molecule has 21 heteroatoms. The molecule has 0 bridgehead atoms. The second-order valence-electron chi connectivity index (χ2n) is 21.7. The van der Waals surface area contributed by atoms with Crippen molar-refractivity contribution >= 4 is 69.1 Å². The van der Waals surface area contributed by atoms with Crippen molar-refractivity contribution in [1.29, 1.82) is 0 Å². The molecule has 6 amide bonds. The maximum atomic E-state index is 14.7. The van der Waals surface area contributed by atoms with Gasteiger partial charge in [-0.2, -0.15) is 0 Å². The Morgan fingerprint density at radius 3 is 2.09 bits per heavy atom. The highest BCUT2D eigenvalue weighted by Gasteiger charge is 2.44. The van der Waals surface area contributed by atoms with Crippen LogP contribution in [0.5, 0.6) is 0 Å². The van der Waals surface area contributed by atoms with Crippen LogP contribution in [-0.2, 0) is 55.9 Å². The Hall–Kier alpha value is -5.90. The van der Waals surface area contributed by atoms with Crippen molar-refractivity contribution in [1.82, 2.24) is 30.3 Å². The van der Waals surface area contributed by atoms with E-state index in [1.807, 2.05) is 52.0 Å². The number of methoxy groups -OCH3 is 2. The Labute approximate surface area is 480 Å². The van der Waals surface area contributed by atoms with E-state index in [2.05, 4.69) is 20.9 Å². The van der Waals surface area contributed by atoms with Gasteiger partial charge in [-0.3, -0.25) is 29.4 Å². The fourth-order valence-electron chi connectivity index (χ4n) is 10.7. The van der Waals surface area contributed by atoms with E-state index in [4.69, 9.17) is 18.9 Å². The summed E-state index contributed by atoms with van der Waals surface area (Å²) in [5.41, 5.74) is 1.92. The summed E-state index contributed by atoms with van der Waals surface area (Å²) in [5.74, 6) is -4.60. The van der Waals surface area contributed by atoms with Gasteiger partial charge in [0.2, 0.25) is 23.6 Å². The lowest BCUT2D eigenvalue weighted by Crippen LogP contribution is -2.60. The molecule has 1 aliphatic carbocycles. The molecule has 3 aromatic rings. The van der Waals surface area contributed by atoms with Gasteiger partial charge in [-0.1, -0.05) is 121 Å². The largest absolute Gasteiger partial charge is 0.480 e. The number of nitrogens with one attached hydrogen (secondary N) is 3. The molecule has 1 saturated carbocycles. The number of carbonyl (C=O) groups excluding carboxylic acids is 6. The van der Waals surface area contributed by atoms with Gasteiger partial charge in [0, 0.05) is 53.2 Å². The van der Waals surface area contributed by atoms with Gasteiger partial charge in [-0.15, -0.1) is 0 Å². The van der Waals surface area contributed by atoms with Crippen LogP contribution in [0.2, 0.25) is 0 Å². The number of carbonyl (C=O) groups is 7. The zero-order chi connectivity index (χ0) is 58.6. The van der Waals surface area contributed by atoms with Gasteiger partial charge in [0.15, 0.2) is 0 Å². The highest BCUT2D eigenvalue weighted by molar-refractivity contribution is 8.76. The first-order valence-corrected chi connectivity index (χ1v) is 30.1. The Bertz CT molecular complexity index is 2480. The van der Waals surface area contributed by atoms with Crippen LogP contribution in [0.3, 0.4) is 0 Å². The summed E-state index contributed by atoms with van der Waals surface area (Å²) < 4.78 is 23.6. The normalized spacial score (nSPS) is 19.3. The number of hydrogen-bond donors (Lipinski definition) is 4. The maximum absolute atomic E-state index is 14.7. The summed E-state index contributed by atoms with van der Waals surface area (Å²) in [6, 6.07) is 17.3. The van der Waals surface area contributed by atoms with E-state index in [1.165, 1.54) is 26.2 Å². The van der Waals surface area contributed by atoms with E-state index in [1.54, 1.807) is 114 Å². The zero-order valence-electron chi connectivity index (χ0n) is 48.3. The molecule has 2 heterocycles. The van der Waals surface area contributed by atoms with Crippen LogP contribution >= 0.6 is 21.6 Å². The Balaban J connectivity index is 1.17. The average molecular weight is 1150 g/mol. The molecule has 1 saturated heterocycles. The number of rotatable bonds is 28. The minimum absolute atomic E-state index is 0.0971. The van der Waals surface area contributed by atoms with Gasteiger partial charge in [0.1, 0.15) is 35.9 Å². The molecule has 3 unspecified atom stereocenters. The maximum Gasteiger partial charge on any atom is 0.411 e. The van der Waals surface area contributed by atoms with Gasteiger partial charge in [0.25, 0.3) is 0 Å². The van der Waals surface area contributed by atoms with E-state index in [9.17, 15) is 38.7 Å². The molecule has 19 nitrogen and oxygen atoms in total. The summed E-state index contributed by atoms with van der Waals surface area (Å²) in [4.78, 5) is 105. The van der Waals surface area contributed by atoms with Crippen LogP contribution in [-0.4, -0.2) is 155 Å². The SMILES string of the molecule is CC[C@H](C)[C@@H]([C@@H](CC(=O)N1CCCC1[C@H](OC)[C@@H](C)C(=O)N[C@@H](Cc1ccccc1)C(=O)O)OC)N(C)C(=O)C(NC(=O)C(C(C)C)N(C)C(=O)OCc1ccc(NC(=O)O[C@H]2CCCC[C@@H]2SSc2ccccn2)cc1)C(C)C. The number of benzene rings is 2. The van der Waals surface area contributed by atoms with Gasteiger partial charge < -0.3 is 44.5 Å². The van der Waals surface area contributed by atoms with Gasteiger partial charge in [-0.05, 0) is 96.0 Å². The van der Waals surface area contributed by atoms with Crippen molar-refractivity contribution in [2.24, 2.45) is 23.7 Å². The number of pyridine rings is 1. The highest BCUT2D eigenvalue weighted by Crippen LogP contribution is 2.41. The van der Waals surface area contributed by atoms with E-state index < -0.39 is 84.2 Å². The van der Waals surface area contributed by atoms with Crippen molar-refractivity contribution < 1.29 is 57.6 Å². The molecule has 80 heavy (non-hydrogen) atoms. The highest BCUT2D eigenvalue weighted by atomic mass is 33.1.